The second-order valence-electron chi connectivity index (χ2n) is 8.35. The summed E-state index contributed by atoms with van der Waals surface area (Å²) in [6.45, 7) is 2.06. The number of unbranched alkanes of at least 4 members (excludes halogenated alkanes) is 1. The molecule has 0 bridgehead atoms. The van der Waals surface area contributed by atoms with Gasteiger partial charge in [-0.2, -0.15) is 0 Å². The Morgan fingerprint density at radius 2 is 1.81 bits per heavy atom. The van der Waals surface area contributed by atoms with E-state index in [0.29, 0.717) is 11.6 Å². The van der Waals surface area contributed by atoms with Gasteiger partial charge in [0.1, 0.15) is 11.0 Å². The number of hydrogen-bond donors (Lipinski definition) is 2. The summed E-state index contributed by atoms with van der Waals surface area (Å²) in [6.07, 6.45) is 2.32. The largest absolute Gasteiger partial charge is 0.497 e. The smallest absolute Gasteiger partial charge is 0.244 e. The van der Waals surface area contributed by atoms with Crippen LogP contribution in [0, 0.1) is 0 Å². The lowest BCUT2D eigenvalue weighted by Crippen LogP contribution is -2.19. The number of carbonyl (C=O) groups excluding carboxylic acids is 2. The average Bonchev–Trinajstić information content (AvgIpc) is 3.39. The molecule has 0 aliphatic rings. The predicted octanol–water partition coefficient (Wildman–Crippen LogP) is 7.42. The molecule has 2 amide bonds. The summed E-state index contributed by atoms with van der Waals surface area (Å²) in [4.78, 5) is 31.2. The van der Waals surface area contributed by atoms with Crippen molar-refractivity contribution >= 4 is 45.7 Å². The Balaban J connectivity index is 1.51. The van der Waals surface area contributed by atoms with E-state index in [-0.39, 0.29) is 11.8 Å². The molecular weight excluding hydrogens is 502 g/mol. The Labute approximate surface area is 225 Å². The van der Waals surface area contributed by atoms with Crippen molar-refractivity contribution in [3.8, 4) is 17.0 Å². The zero-order chi connectivity index (χ0) is 26.0. The molecule has 6 nitrogen and oxygen atoms in total. The fourth-order valence-corrected chi connectivity index (χ4v) is 5.47. The minimum Gasteiger partial charge on any atom is -0.497 e. The Hall–Kier alpha value is -3.62. The number of ether oxygens (including phenoxy) is 1. The van der Waals surface area contributed by atoms with E-state index in [1.165, 1.54) is 23.1 Å². The van der Waals surface area contributed by atoms with Crippen LogP contribution in [-0.4, -0.2) is 23.9 Å². The number of thioether (sulfide) groups is 1. The molecule has 3 aromatic carbocycles. The van der Waals surface area contributed by atoms with Crippen LogP contribution in [0.4, 0.5) is 10.8 Å². The van der Waals surface area contributed by atoms with E-state index in [4.69, 9.17) is 4.74 Å². The van der Waals surface area contributed by atoms with Crippen molar-refractivity contribution in [2.75, 3.05) is 17.7 Å². The van der Waals surface area contributed by atoms with E-state index >= 15 is 0 Å². The highest BCUT2D eigenvalue weighted by molar-refractivity contribution is 8.00. The van der Waals surface area contributed by atoms with Crippen LogP contribution in [0.3, 0.4) is 0 Å². The Morgan fingerprint density at radius 1 is 1.00 bits per heavy atom. The molecule has 0 spiro atoms. The summed E-state index contributed by atoms with van der Waals surface area (Å²) in [5.74, 6) is 0.581. The molecule has 37 heavy (non-hydrogen) atoms. The van der Waals surface area contributed by atoms with Crippen molar-refractivity contribution in [1.29, 1.82) is 0 Å². The van der Waals surface area contributed by atoms with Crippen LogP contribution in [0.1, 0.15) is 37.0 Å². The van der Waals surface area contributed by atoms with Crippen molar-refractivity contribution in [1.82, 2.24) is 4.98 Å². The molecule has 1 atom stereocenters. The van der Waals surface area contributed by atoms with Gasteiger partial charge < -0.3 is 15.4 Å². The van der Waals surface area contributed by atoms with Crippen LogP contribution in [0.5, 0.6) is 5.75 Å². The molecule has 0 saturated heterocycles. The van der Waals surface area contributed by atoms with Gasteiger partial charge in [0.2, 0.25) is 11.8 Å². The molecule has 1 unspecified atom stereocenters. The minimum atomic E-state index is -0.503. The Kier molecular flexibility index (Phi) is 9.35. The number of thiazole rings is 1. The second-order valence-corrected chi connectivity index (χ2v) is 10.4. The maximum Gasteiger partial charge on any atom is 0.244 e. The van der Waals surface area contributed by atoms with Crippen molar-refractivity contribution in [3.05, 3.63) is 89.8 Å². The van der Waals surface area contributed by atoms with Crippen LogP contribution >= 0.6 is 23.1 Å². The number of aromatic nitrogens is 1. The Bertz CT molecular complexity index is 1340. The first-order valence-corrected chi connectivity index (χ1v) is 13.8. The molecule has 8 heteroatoms. The number of benzene rings is 3. The van der Waals surface area contributed by atoms with Gasteiger partial charge in [0, 0.05) is 27.9 Å². The number of methoxy groups -OCH3 is 1. The standard InChI is InChI=1S/C29H29N3O3S2/c1-3-4-16-26(33)30-22-13-9-15-24(18-22)37-27(20-10-6-5-7-11-20)28(34)32-29-31-25(19-36-29)21-12-8-14-23(17-21)35-2/h5-15,17-19,27H,3-4,16H2,1-2H3,(H,30,33)(H,31,32,34). The summed E-state index contributed by atoms with van der Waals surface area (Å²) in [5, 5.41) is 7.89. The van der Waals surface area contributed by atoms with Crippen LogP contribution in [0.2, 0.25) is 0 Å². The van der Waals surface area contributed by atoms with Crippen molar-refractivity contribution in [2.24, 2.45) is 0 Å². The molecule has 0 radical (unpaired) electrons. The number of rotatable bonds is 11. The van der Waals surface area contributed by atoms with Crippen LogP contribution < -0.4 is 15.4 Å². The predicted molar refractivity (Wildman–Crippen MR) is 152 cm³/mol. The number of amides is 2. The number of nitrogens with one attached hydrogen (secondary N) is 2. The third kappa shape index (κ3) is 7.44. The van der Waals surface area contributed by atoms with Gasteiger partial charge in [0.05, 0.1) is 12.8 Å². The molecule has 1 heterocycles. The zero-order valence-electron chi connectivity index (χ0n) is 20.8. The number of carbonyl (C=O) groups is 2. The van der Waals surface area contributed by atoms with Gasteiger partial charge >= 0.3 is 0 Å². The van der Waals surface area contributed by atoms with Crippen molar-refractivity contribution in [2.45, 2.75) is 36.3 Å². The molecular formula is C29H29N3O3S2. The number of anilines is 2. The third-order valence-electron chi connectivity index (χ3n) is 5.57. The molecule has 0 aliphatic carbocycles. The SMILES string of the molecule is CCCCC(=O)Nc1cccc(SC(C(=O)Nc2nc(-c3cccc(OC)c3)cs2)c2ccccc2)c1. The lowest BCUT2D eigenvalue weighted by atomic mass is 10.1. The summed E-state index contributed by atoms with van der Waals surface area (Å²) < 4.78 is 5.31. The minimum absolute atomic E-state index is 0.00281. The highest BCUT2D eigenvalue weighted by Gasteiger charge is 2.23. The van der Waals surface area contributed by atoms with Gasteiger partial charge in [-0.25, -0.2) is 4.98 Å². The lowest BCUT2D eigenvalue weighted by molar-refractivity contribution is -0.116. The summed E-state index contributed by atoms with van der Waals surface area (Å²) in [6, 6.07) is 24.9. The second kappa shape index (κ2) is 13.1. The van der Waals surface area contributed by atoms with E-state index in [1.807, 2.05) is 84.2 Å². The maximum atomic E-state index is 13.5. The van der Waals surface area contributed by atoms with E-state index < -0.39 is 5.25 Å². The fourth-order valence-electron chi connectivity index (χ4n) is 3.66. The van der Waals surface area contributed by atoms with Gasteiger partial charge in [0.25, 0.3) is 0 Å². The molecule has 190 valence electrons. The molecule has 0 fully saturated rings. The van der Waals surface area contributed by atoms with E-state index in [2.05, 4.69) is 22.5 Å². The normalized spacial score (nSPS) is 11.5. The highest BCUT2D eigenvalue weighted by Crippen LogP contribution is 2.38. The molecule has 0 aliphatic heterocycles. The lowest BCUT2D eigenvalue weighted by Gasteiger charge is -2.17. The first kappa shape index (κ1) is 26.4. The quantitative estimate of drug-likeness (QED) is 0.197. The third-order valence-corrected chi connectivity index (χ3v) is 7.58. The van der Waals surface area contributed by atoms with Crippen LogP contribution in [0.25, 0.3) is 11.3 Å². The van der Waals surface area contributed by atoms with Crippen LogP contribution in [0.15, 0.2) is 89.1 Å². The average molecular weight is 532 g/mol. The van der Waals surface area contributed by atoms with Crippen molar-refractivity contribution in [3.63, 3.8) is 0 Å². The van der Waals surface area contributed by atoms with E-state index in [0.717, 1.165) is 46.0 Å². The van der Waals surface area contributed by atoms with Gasteiger partial charge in [-0.15, -0.1) is 23.1 Å². The highest BCUT2D eigenvalue weighted by atomic mass is 32.2. The molecule has 4 aromatic rings. The summed E-state index contributed by atoms with van der Waals surface area (Å²) in [7, 11) is 1.63. The molecule has 0 saturated carbocycles. The van der Waals surface area contributed by atoms with E-state index in [1.54, 1.807) is 7.11 Å². The maximum absolute atomic E-state index is 13.5. The topological polar surface area (TPSA) is 80.3 Å². The molecule has 2 N–H and O–H groups in total. The van der Waals surface area contributed by atoms with Gasteiger partial charge in [-0.1, -0.05) is 61.9 Å². The number of nitrogens with zero attached hydrogens (tertiary/aromatic N) is 1. The monoisotopic (exact) mass is 531 g/mol. The zero-order valence-corrected chi connectivity index (χ0v) is 22.4. The fraction of sp³-hybridized carbons (Fsp3) is 0.207. The van der Waals surface area contributed by atoms with Crippen molar-refractivity contribution < 1.29 is 14.3 Å². The summed E-state index contributed by atoms with van der Waals surface area (Å²) >= 11 is 2.81. The first-order chi connectivity index (χ1) is 18.1. The molecule has 4 rings (SSSR count). The van der Waals surface area contributed by atoms with Gasteiger partial charge in [-0.3, -0.25) is 9.59 Å². The Morgan fingerprint density at radius 3 is 2.59 bits per heavy atom. The van der Waals surface area contributed by atoms with Gasteiger partial charge in [-0.05, 0) is 42.3 Å². The molecule has 1 aromatic heterocycles. The van der Waals surface area contributed by atoms with E-state index in [9.17, 15) is 9.59 Å². The first-order valence-electron chi connectivity index (χ1n) is 12.1. The van der Waals surface area contributed by atoms with Crippen LogP contribution in [-0.2, 0) is 9.59 Å². The van der Waals surface area contributed by atoms with Gasteiger partial charge in [0.15, 0.2) is 5.13 Å². The number of hydrogen-bond acceptors (Lipinski definition) is 6. The summed E-state index contributed by atoms with van der Waals surface area (Å²) in [5.41, 5.74) is 3.30.